The van der Waals surface area contributed by atoms with Crippen LogP contribution in [0.5, 0.6) is 0 Å². The van der Waals surface area contributed by atoms with E-state index in [1.54, 1.807) is 11.8 Å². The summed E-state index contributed by atoms with van der Waals surface area (Å²) in [6.45, 7) is 2.76. The average Bonchev–Trinajstić information content (AvgIpc) is 2.30. The Morgan fingerprint density at radius 3 is 2.61 bits per heavy atom. The first-order valence-electron chi connectivity index (χ1n) is 5.93. The van der Waals surface area contributed by atoms with Crippen LogP contribution in [0.3, 0.4) is 0 Å². The maximum Gasteiger partial charge on any atom is 0.346 e. The van der Waals surface area contributed by atoms with Gasteiger partial charge in [0.05, 0.1) is 5.60 Å². The monoisotopic (exact) mass is 254 g/mol. The molecule has 0 amide bonds. The highest BCUT2D eigenvalue weighted by atomic mass is 16.3. The first kappa shape index (κ1) is 12.8. The molecular weight excluding hydrogens is 236 g/mol. The van der Waals surface area contributed by atoms with Gasteiger partial charge >= 0.3 is 5.69 Å². The largest absolute Gasteiger partial charge is 0.388 e. The van der Waals surface area contributed by atoms with E-state index in [4.69, 9.17) is 0 Å². The summed E-state index contributed by atoms with van der Waals surface area (Å²) < 4.78 is 2.17. The molecule has 1 N–H and O–H groups in total. The van der Waals surface area contributed by atoms with Crippen LogP contribution in [0, 0.1) is 0 Å². The SMILES string of the molecule is Cn1nc(N2CCCC(C)(O)C2)c(=O)n(C)c1=O. The number of hydrogen-bond donors (Lipinski definition) is 1. The fourth-order valence-electron chi connectivity index (χ4n) is 2.28. The molecule has 0 radical (unpaired) electrons. The van der Waals surface area contributed by atoms with Gasteiger partial charge in [0.25, 0.3) is 5.56 Å². The van der Waals surface area contributed by atoms with Crippen molar-refractivity contribution in [3.8, 4) is 0 Å². The van der Waals surface area contributed by atoms with E-state index in [9.17, 15) is 14.7 Å². The number of hydrogen-bond acceptors (Lipinski definition) is 5. The molecule has 100 valence electrons. The molecule has 1 unspecified atom stereocenters. The van der Waals surface area contributed by atoms with Crippen LogP contribution in [0.25, 0.3) is 0 Å². The van der Waals surface area contributed by atoms with E-state index >= 15 is 0 Å². The van der Waals surface area contributed by atoms with Crippen molar-refractivity contribution in [2.45, 2.75) is 25.4 Å². The maximum absolute atomic E-state index is 12.0. The topological polar surface area (TPSA) is 80.4 Å². The van der Waals surface area contributed by atoms with E-state index in [0.717, 1.165) is 15.7 Å². The Bertz CT molecular complexity index is 573. The van der Waals surface area contributed by atoms with Crippen LogP contribution in [0.1, 0.15) is 19.8 Å². The van der Waals surface area contributed by atoms with Gasteiger partial charge in [-0.25, -0.2) is 9.48 Å². The fourth-order valence-corrected chi connectivity index (χ4v) is 2.28. The molecule has 7 heteroatoms. The van der Waals surface area contributed by atoms with Gasteiger partial charge in [-0.2, -0.15) is 0 Å². The number of aryl methyl sites for hydroxylation is 1. The first-order valence-corrected chi connectivity index (χ1v) is 5.93. The predicted octanol–water partition coefficient (Wildman–Crippen LogP) is -1.17. The second kappa shape index (κ2) is 4.24. The molecule has 1 fully saturated rings. The molecule has 18 heavy (non-hydrogen) atoms. The molecule has 2 heterocycles. The molecule has 1 aliphatic heterocycles. The van der Waals surface area contributed by atoms with Crippen molar-refractivity contribution < 1.29 is 5.11 Å². The van der Waals surface area contributed by atoms with Crippen molar-refractivity contribution >= 4 is 5.82 Å². The third kappa shape index (κ3) is 2.17. The zero-order valence-electron chi connectivity index (χ0n) is 10.9. The summed E-state index contributed by atoms with van der Waals surface area (Å²) >= 11 is 0. The molecule has 1 aliphatic rings. The summed E-state index contributed by atoms with van der Waals surface area (Å²) in [4.78, 5) is 25.3. The van der Waals surface area contributed by atoms with Gasteiger partial charge in [-0.3, -0.25) is 9.36 Å². The van der Waals surface area contributed by atoms with E-state index in [0.29, 0.717) is 19.5 Å². The van der Waals surface area contributed by atoms with Crippen LogP contribution in [0.15, 0.2) is 9.59 Å². The summed E-state index contributed by atoms with van der Waals surface area (Å²) in [6.07, 6.45) is 1.50. The van der Waals surface area contributed by atoms with Crippen molar-refractivity contribution in [3.63, 3.8) is 0 Å². The molecule has 0 aliphatic carbocycles. The Balaban J connectivity index is 2.46. The number of nitrogens with zero attached hydrogens (tertiary/aromatic N) is 4. The van der Waals surface area contributed by atoms with Gasteiger partial charge in [-0.05, 0) is 19.8 Å². The lowest BCUT2D eigenvalue weighted by molar-refractivity contribution is 0.0445. The third-order valence-electron chi connectivity index (χ3n) is 3.28. The maximum atomic E-state index is 12.0. The number of aromatic nitrogens is 3. The van der Waals surface area contributed by atoms with E-state index in [-0.39, 0.29) is 5.82 Å². The molecule has 2 rings (SSSR count). The van der Waals surface area contributed by atoms with Crippen LogP contribution in [-0.4, -0.2) is 38.1 Å². The minimum absolute atomic E-state index is 0.222. The number of piperidine rings is 1. The third-order valence-corrected chi connectivity index (χ3v) is 3.28. The zero-order chi connectivity index (χ0) is 13.5. The average molecular weight is 254 g/mol. The lowest BCUT2D eigenvalue weighted by Gasteiger charge is -2.37. The summed E-state index contributed by atoms with van der Waals surface area (Å²) in [5.41, 5.74) is -1.69. The van der Waals surface area contributed by atoms with Crippen molar-refractivity contribution in [1.29, 1.82) is 0 Å². The highest BCUT2D eigenvalue weighted by Gasteiger charge is 2.30. The second-order valence-corrected chi connectivity index (χ2v) is 5.12. The van der Waals surface area contributed by atoms with Gasteiger partial charge in [0.2, 0.25) is 5.82 Å². The number of rotatable bonds is 1. The fraction of sp³-hybridized carbons (Fsp3) is 0.727. The standard InChI is InChI=1S/C11H18N4O3/c1-11(18)5-4-6-15(7-11)8-9(16)13(2)10(17)14(3)12-8/h18H,4-7H2,1-3H3. The molecule has 0 spiro atoms. The Labute approximate surface area is 104 Å². The van der Waals surface area contributed by atoms with Gasteiger partial charge in [0.15, 0.2) is 0 Å². The van der Waals surface area contributed by atoms with Crippen LogP contribution in [0.4, 0.5) is 5.82 Å². The first-order chi connectivity index (χ1) is 8.32. The summed E-state index contributed by atoms with van der Waals surface area (Å²) in [6, 6.07) is 0. The van der Waals surface area contributed by atoms with Crippen LogP contribution >= 0.6 is 0 Å². The molecule has 1 aromatic heterocycles. The Hall–Kier alpha value is -1.63. The molecule has 1 saturated heterocycles. The highest BCUT2D eigenvalue weighted by Crippen LogP contribution is 2.22. The van der Waals surface area contributed by atoms with E-state index in [1.165, 1.54) is 14.1 Å². The molecule has 7 nitrogen and oxygen atoms in total. The lowest BCUT2D eigenvalue weighted by atomic mass is 9.95. The molecule has 0 saturated carbocycles. The van der Waals surface area contributed by atoms with Gasteiger partial charge < -0.3 is 10.0 Å². The quantitative estimate of drug-likeness (QED) is 0.683. The van der Waals surface area contributed by atoms with E-state index < -0.39 is 16.9 Å². The molecule has 0 bridgehead atoms. The predicted molar refractivity (Wildman–Crippen MR) is 66.8 cm³/mol. The Morgan fingerprint density at radius 2 is 2.00 bits per heavy atom. The van der Waals surface area contributed by atoms with Crippen LogP contribution < -0.4 is 16.1 Å². The van der Waals surface area contributed by atoms with Gasteiger partial charge in [0.1, 0.15) is 0 Å². The summed E-state index contributed by atoms with van der Waals surface area (Å²) in [5.74, 6) is 0.222. The van der Waals surface area contributed by atoms with Gasteiger partial charge in [-0.1, -0.05) is 0 Å². The number of β-amino-alcohol motifs (C(OH)–C–C–N with tert-alkyl or cyclic N) is 1. The smallest absolute Gasteiger partial charge is 0.346 e. The van der Waals surface area contributed by atoms with Gasteiger partial charge in [-0.15, -0.1) is 5.10 Å². The van der Waals surface area contributed by atoms with Crippen molar-refractivity contribution in [2.24, 2.45) is 14.1 Å². The van der Waals surface area contributed by atoms with Crippen molar-refractivity contribution in [1.82, 2.24) is 14.3 Å². The second-order valence-electron chi connectivity index (χ2n) is 5.12. The van der Waals surface area contributed by atoms with Crippen LogP contribution in [-0.2, 0) is 14.1 Å². The number of anilines is 1. The lowest BCUT2D eigenvalue weighted by Crippen LogP contribution is -2.50. The molecular formula is C11H18N4O3. The summed E-state index contributed by atoms with van der Waals surface area (Å²) in [7, 11) is 2.94. The van der Waals surface area contributed by atoms with Crippen molar-refractivity contribution in [3.05, 3.63) is 20.8 Å². The number of aliphatic hydroxyl groups is 1. The highest BCUT2D eigenvalue weighted by molar-refractivity contribution is 5.36. The zero-order valence-corrected chi connectivity index (χ0v) is 10.9. The van der Waals surface area contributed by atoms with Crippen molar-refractivity contribution in [2.75, 3.05) is 18.0 Å². The van der Waals surface area contributed by atoms with Crippen LogP contribution in [0.2, 0.25) is 0 Å². The Morgan fingerprint density at radius 1 is 1.33 bits per heavy atom. The minimum Gasteiger partial charge on any atom is -0.388 e. The van der Waals surface area contributed by atoms with E-state index in [1.807, 2.05) is 0 Å². The molecule has 0 aromatic carbocycles. The molecule has 1 aromatic rings. The normalized spacial score (nSPS) is 24.3. The Kier molecular flexibility index (Phi) is 3.02. The summed E-state index contributed by atoms with van der Waals surface area (Å²) in [5, 5.41) is 14.1. The minimum atomic E-state index is -0.820. The van der Waals surface area contributed by atoms with E-state index in [2.05, 4.69) is 5.10 Å². The molecule has 1 atom stereocenters. The van der Waals surface area contributed by atoms with Gasteiger partial charge in [0, 0.05) is 27.2 Å².